The Morgan fingerprint density at radius 3 is 2.59 bits per heavy atom. The molecule has 3 aliphatic carbocycles. The lowest BCUT2D eigenvalue weighted by Gasteiger charge is -2.47. The van der Waals surface area contributed by atoms with Crippen molar-refractivity contribution in [3.63, 3.8) is 0 Å². The van der Waals surface area contributed by atoms with Crippen LogP contribution >= 0.6 is 0 Å². The smallest absolute Gasteiger partial charge is 0.223 e. The van der Waals surface area contributed by atoms with Crippen LogP contribution in [0.1, 0.15) is 77.8 Å². The molecular weight excluding hydrogens is 358 g/mol. The molecule has 1 saturated carbocycles. The van der Waals surface area contributed by atoms with Gasteiger partial charge in [0.2, 0.25) is 5.91 Å². The first-order valence-electron chi connectivity index (χ1n) is 11.6. The van der Waals surface area contributed by atoms with Crippen LogP contribution in [0.25, 0.3) is 5.57 Å². The van der Waals surface area contributed by atoms with Gasteiger partial charge in [0.05, 0.1) is 0 Å². The number of fused-ring (bicyclic) bond motifs is 5. The van der Waals surface area contributed by atoms with Crippen molar-refractivity contribution in [2.24, 2.45) is 23.2 Å². The fraction of sp³-hybridized carbons (Fsp3) is 0.654. The maximum absolute atomic E-state index is 13.2. The molecular formula is C26H37NO2. The van der Waals surface area contributed by atoms with Crippen molar-refractivity contribution < 1.29 is 9.90 Å². The minimum absolute atomic E-state index is 0.234. The second kappa shape index (κ2) is 7.49. The molecule has 3 aliphatic rings. The molecule has 1 amide bonds. The summed E-state index contributed by atoms with van der Waals surface area (Å²) in [6, 6.07) is 6.42. The highest BCUT2D eigenvalue weighted by Crippen LogP contribution is 2.61. The summed E-state index contributed by atoms with van der Waals surface area (Å²) in [7, 11) is 0. The highest BCUT2D eigenvalue weighted by atomic mass is 16.3. The third kappa shape index (κ3) is 3.41. The summed E-state index contributed by atoms with van der Waals surface area (Å²) in [5.41, 5.74) is 4.39. The number of hydrogen-bond donors (Lipinski definition) is 1. The molecule has 4 atom stereocenters. The average molecular weight is 396 g/mol. The summed E-state index contributed by atoms with van der Waals surface area (Å²) in [6.45, 7) is 11.0. The van der Waals surface area contributed by atoms with E-state index in [4.69, 9.17) is 0 Å². The Labute approximate surface area is 176 Å². The summed E-state index contributed by atoms with van der Waals surface area (Å²) in [5, 5.41) is 9.86. The van der Waals surface area contributed by atoms with Crippen molar-refractivity contribution in [3.05, 3.63) is 35.4 Å². The van der Waals surface area contributed by atoms with Crippen molar-refractivity contribution in [1.29, 1.82) is 0 Å². The van der Waals surface area contributed by atoms with E-state index < -0.39 is 0 Å². The molecule has 0 radical (unpaired) electrons. The van der Waals surface area contributed by atoms with Gasteiger partial charge in [0, 0.05) is 18.5 Å². The van der Waals surface area contributed by atoms with Gasteiger partial charge in [-0.1, -0.05) is 19.1 Å². The number of allylic oxidation sites excluding steroid dienone is 2. The Bertz CT molecular complexity index is 816. The van der Waals surface area contributed by atoms with E-state index in [1.807, 2.05) is 12.1 Å². The number of amides is 1. The summed E-state index contributed by atoms with van der Waals surface area (Å²) in [4.78, 5) is 15.2. The van der Waals surface area contributed by atoms with Crippen molar-refractivity contribution in [3.8, 4) is 5.75 Å². The van der Waals surface area contributed by atoms with Crippen LogP contribution in [0.2, 0.25) is 0 Å². The SMILES string of the molecule is CC(C)N(C(=O)C[C@H]1CC[C@H]2[C@@H]3CCc4cc(O)ccc4C3=CC[C@]12C)C(C)C. The summed E-state index contributed by atoms with van der Waals surface area (Å²) in [6.07, 6.45) is 8.89. The molecule has 0 saturated heterocycles. The minimum atomic E-state index is 0.234. The number of nitrogens with zero attached hydrogens (tertiary/aromatic N) is 1. The predicted molar refractivity (Wildman–Crippen MR) is 119 cm³/mol. The van der Waals surface area contributed by atoms with E-state index in [0.717, 1.165) is 12.8 Å². The third-order valence-corrected chi connectivity index (χ3v) is 8.20. The van der Waals surface area contributed by atoms with Crippen LogP contribution in [-0.4, -0.2) is 28.0 Å². The maximum Gasteiger partial charge on any atom is 0.223 e. The first-order chi connectivity index (χ1) is 13.7. The number of phenolic OH excluding ortho intramolecular Hbond substituents is 1. The minimum Gasteiger partial charge on any atom is -0.508 e. The Morgan fingerprint density at radius 1 is 1.17 bits per heavy atom. The predicted octanol–water partition coefficient (Wildman–Crippen LogP) is 5.81. The number of aryl methyl sites for hydroxylation is 1. The van der Waals surface area contributed by atoms with Crippen LogP contribution in [0.3, 0.4) is 0 Å². The molecule has 4 rings (SSSR count). The zero-order valence-corrected chi connectivity index (χ0v) is 18.7. The lowest BCUT2D eigenvalue weighted by molar-refractivity contribution is -0.136. The van der Waals surface area contributed by atoms with E-state index >= 15 is 0 Å². The van der Waals surface area contributed by atoms with Gasteiger partial charge in [-0.3, -0.25) is 4.79 Å². The normalized spacial score (nSPS) is 30.6. The first-order valence-corrected chi connectivity index (χ1v) is 11.6. The van der Waals surface area contributed by atoms with E-state index in [9.17, 15) is 9.90 Å². The topological polar surface area (TPSA) is 40.5 Å². The zero-order chi connectivity index (χ0) is 20.9. The lowest BCUT2D eigenvalue weighted by Crippen LogP contribution is -2.44. The number of aromatic hydroxyl groups is 1. The molecule has 3 heteroatoms. The van der Waals surface area contributed by atoms with Crippen molar-refractivity contribution in [2.45, 2.75) is 85.2 Å². The highest BCUT2D eigenvalue weighted by molar-refractivity contribution is 5.77. The van der Waals surface area contributed by atoms with Crippen LogP contribution in [0.5, 0.6) is 5.75 Å². The molecule has 0 spiro atoms. The molecule has 158 valence electrons. The molecule has 1 N–H and O–H groups in total. The second-order valence-corrected chi connectivity index (χ2v) is 10.4. The van der Waals surface area contributed by atoms with E-state index in [1.165, 1.54) is 36.0 Å². The molecule has 1 fully saturated rings. The van der Waals surface area contributed by atoms with Crippen molar-refractivity contribution in [2.75, 3.05) is 0 Å². The van der Waals surface area contributed by atoms with Crippen molar-refractivity contribution in [1.82, 2.24) is 4.90 Å². The fourth-order valence-corrected chi connectivity index (χ4v) is 6.89. The van der Waals surface area contributed by atoms with Gasteiger partial charge in [-0.15, -0.1) is 0 Å². The van der Waals surface area contributed by atoms with Gasteiger partial charge < -0.3 is 10.0 Å². The average Bonchev–Trinajstić information content (AvgIpc) is 2.97. The van der Waals surface area contributed by atoms with Crippen LogP contribution in [0.15, 0.2) is 24.3 Å². The maximum atomic E-state index is 13.2. The summed E-state index contributed by atoms with van der Waals surface area (Å²) in [5.74, 6) is 2.48. The van der Waals surface area contributed by atoms with Gasteiger partial charge in [-0.2, -0.15) is 0 Å². The number of hydrogen-bond acceptors (Lipinski definition) is 2. The fourth-order valence-electron chi connectivity index (χ4n) is 6.89. The van der Waals surface area contributed by atoms with Gasteiger partial charge in [-0.05, 0) is 112 Å². The molecule has 0 bridgehead atoms. The van der Waals surface area contributed by atoms with Gasteiger partial charge in [0.15, 0.2) is 0 Å². The third-order valence-electron chi connectivity index (χ3n) is 8.20. The van der Waals surface area contributed by atoms with Gasteiger partial charge in [0.1, 0.15) is 5.75 Å². The Morgan fingerprint density at radius 2 is 1.90 bits per heavy atom. The van der Waals surface area contributed by atoms with Crippen LogP contribution < -0.4 is 0 Å². The van der Waals surface area contributed by atoms with Gasteiger partial charge in [-0.25, -0.2) is 0 Å². The van der Waals surface area contributed by atoms with Crippen LogP contribution in [0.4, 0.5) is 0 Å². The molecule has 1 aromatic rings. The Kier molecular flexibility index (Phi) is 5.29. The zero-order valence-electron chi connectivity index (χ0n) is 18.7. The van der Waals surface area contributed by atoms with Crippen LogP contribution in [0, 0.1) is 23.2 Å². The quantitative estimate of drug-likeness (QED) is 0.699. The number of rotatable bonds is 4. The lowest BCUT2D eigenvalue weighted by atomic mass is 9.58. The second-order valence-electron chi connectivity index (χ2n) is 10.4. The van der Waals surface area contributed by atoms with E-state index in [1.54, 1.807) is 0 Å². The number of phenols is 1. The van der Waals surface area contributed by atoms with Crippen LogP contribution in [-0.2, 0) is 11.2 Å². The molecule has 0 unspecified atom stereocenters. The van der Waals surface area contributed by atoms with E-state index in [2.05, 4.69) is 51.7 Å². The Balaban J connectivity index is 1.57. The molecule has 0 heterocycles. The molecule has 29 heavy (non-hydrogen) atoms. The van der Waals surface area contributed by atoms with E-state index in [0.29, 0.717) is 35.8 Å². The van der Waals surface area contributed by atoms with Gasteiger partial charge >= 0.3 is 0 Å². The molecule has 1 aromatic carbocycles. The van der Waals surface area contributed by atoms with E-state index in [-0.39, 0.29) is 17.5 Å². The standard InChI is InChI=1S/C26H37NO2/c1-16(2)27(17(3)4)25(29)15-19-7-11-24-23-9-6-18-14-20(28)8-10-21(18)22(23)12-13-26(19,24)5/h8,10,12,14,16-17,19,23-24,28H,6-7,9,11,13,15H2,1-5H3/t19-,23-,24+,26-/m1/s1. The number of carbonyl (C=O) groups is 1. The van der Waals surface area contributed by atoms with Gasteiger partial charge in [0.25, 0.3) is 0 Å². The number of carbonyl (C=O) groups excluding carboxylic acids is 1. The summed E-state index contributed by atoms with van der Waals surface area (Å²) < 4.78 is 0. The Hall–Kier alpha value is -1.77. The number of benzene rings is 1. The monoisotopic (exact) mass is 395 g/mol. The first kappa shape index (κ1) is 20.5. The highest BCUT2D eigenvalue weighted by Gasteiger charge is 2.52. The molecule has 0 aromatic heterocycles. The van der Waals surface area contributed by atoms with Crippen molar-refractivity contribution >= 4 is 11.5 Å². The largest absolute Gasteiger partial charge is 0.508 e. The molecule has 0 aliphatic heterocycles. The summed E-state index contributed by atoms with van der Waals surface area (Å²) >= 11 is 0. The molecule has 3 nitrogen and oxygen atoms in total.